The average molecular weight is 808 g/mol. The van der Waals surface area contributed by atoms with Crippen LogP contribution in [-0.4, -0.2) is 32.0 Å². The number of amides is 2. The van der Waals surface area contributed by atoms with Gasteiger partial charge in [-0.1, -0.05) is 104 Å². The van der Waals surface area contributed by atoms with Crippen LogP contribution in [0.5, 0.6) is 0 Å². The number of halogens is 2. The zero-order valence-electron chi connectivity index (χ0n) is 27.0. The highest BCUT2D eigenvalue weighted by molar-refractivity contribution is 9.11. The Morgan fingerprint density at radius 2 is 1.04 bits per heavy atom. The molecule has 0 saturated carbocycles. The van der Waals surface area contributed by atoms with E-state index >= 15 is 0 Å². The number of hydrogen-bond donors (Lipinski definition) is 0. The van der Waals surface area contributed by atoms with Gasteiger partial charge in [0.15, 0.2) is 0 Å². The van der Waals surface area contributed by atoms with E-state index in [-0.39, 0.29) is 11.8 Å². The van der Waals surface area contributed by atoms with Crippen molar-refractivity contribution in [2.45, 2.75) is 117 Å². The van der Waals surface area contributed by atoms with Crippen molar-refractivity contribution in [2.75, 3.05) is 6.54 Å². The molecule has 1 aromatic carbocycles. The lowest BCUT2D eigenvalue weighted by molar-refractivity contribution is 0.0649. The van der Waals surface area contributed by atoms with E-state index in [2.05, 4.69) is 54.5 Å². The molecule has 0 spiro atoms. The molecule has 1 aliphatic rings. The van der Waals surface area contributed by atoms with E-state index in [1.54, 1.807) is 22.7 Å². The molecule has 46 heavy (non-hydrogen) atoms. The molecule has 5 nitrogen and oxygen atoms in total. The average Bonchev–Trinajstić information content (AvgIpc) is 3.85. The van der Waals surface area contributed by atoms with E-state index in [0.717, 1.165) is 53.0 Å². The minimum absolute atomic E-state index is 0.199. The highest BCUT2D eigenvalue weighted by Gasteiger charge is 2.42. The van der Waals surface area contributed by atoms with Gasteiger partial charge < -0.3 is 0 Å². The summed E-state index contributed by atoms with van der Waals surface area (Å²) in [6.07, 6.45) is 20.2. The summed E-state index contributed by atoms with van der Waals surface area (Å²) in [4.78, 5) is 31.9. The zero-order chi connectivity index (χ0) is 32.5. The van der Waals surface area contributed by atoms with Crippen molar-refractivity contribution in [1.29, 1.82) is 0 Å². The predicted octanol–water partition coefficient (Wildman–Crippen LogP) is 13.2. The lowest BCUT2D eigenvalue weighted by Crippen LogP contribution is -2.31. The molecule has 3 aromatic heterocycles. The van der Waals surface area contributed by atoms with Gasteiger partial charge in [-0.15, -0.1) is 22.7 Å². The second-order valence-electron chi connectivity index (χ2n) is 12.6. The Labute approximate surface area is 303 Å². The number of thiophene rings is 2. The molecule has 2 amide bonds. The summed E-state index contributed by atoms with van der Waals surface area (Å²) >= 11 is 11.4. The third-order valence-electron chi connectivity index (χ3n) is 9.20. The maximum Gasteiger partial charge on any atom is 0.262 e. The molecule has 0 atom stereocenters. The van der Waals surface area contributed by atoms with E-state index in [9.17, 15) is 9.59 Å². The number of nitrogens with zero attached hydrogens (tertiary/aromatic N) is 3. The van der Waals surface area contributed by atoms with Gasteiger partial charge in [0.25, 0.3) is 11.8 Å². The Morgan fingerprint density at radius 3 is 1.48 bits per heavy atom. The molecule has 0 unspecified atom stereocenters. The van der Waals surface area contributed by atoms with Crippen molar-refractivity contribution in [1.82, 2.24) is 13.6 Å². The van der Waals surface area contributed by atoms with Crippen LogP contribution >= 0.6 is 66.3 Å². The van der Waals surface area contributed by atoms with Gasteiger partial charge in [-0.3, -0.25) is 14.5 Å². The first kappa shape index (κ1) is 35.8. The Balaban J connectivity index is 1.35. The van der Waals surface area contributed by atoms with Crippen molar-refractivity contribution in [3.63, 3.8) is 0 Å². The van der Waals surface area contributed by atoms with Gasteiger partial charge in [0, 0.05) is 27.4 Å². The van der Waals surface area contributed by atoms with Gasteiger partial charge in [0.05, 0.1) is 30.4 Å². The van der Waals surface area contributed by atoms with Crippen molar-refractivity contribution in [3.05, 3.63) is 43.0 Å². The molecule has 4 aromatic rings. The van der Waals surface area contributed by atoms with Gasteiger partial charge in [0.2, 0.25) is 0 Å². The Kier molecular flexibility index (Phi) is 13.9. The van der Waals surface area contributed by atoms with Crippen LogP contribution < -0.4 is 0 Å². The quantitative estimate of drug-likeness (QED) is 0.0659. The summed E-state index contributed by atoms with van der Waals surface area (Å²) in [5.74, 6) is 0.258. The van der Waals surface area contributed by atoms with E-state index in [1.807, 2.05) is 24.3 Å². The largest absolute Gasteiger partial charge is 0.274 e. The van der Waals surface area contributed by atoms with Crippen LogP contribution in [0.15, 0.2) is 31.8 Å². The maximum absolute atomic E-state index is 14.3. The molecule has 0 fully saturated rings. The molecule has 4 heterocycles. The number of fused-ring (bicyclic) bond motifs is 2. The molecule has 0 N–H and O–H groups in total. The first-order valence-electron chi connectivity index (χ1n) is 17.1. The van der Waals surface area contributed by atoms with Gasteiger partial charge in [0.1, 0.15) is 11.0 Å². The molecular formula is C36H45Br2N3O2S3. The Morgan fingerprint density at radius 1 is 0.609 bits per heavy atom. The predicted molar refractivity (Wildman–Crippen MR) is 204 cm³/mol. The van der Waals surface area contributed by atoms with Crippen LogP contribution in [0.1, 0.15) is 137 Å². The monoisotopic (exact) mass is 805 g/mol. The minimum Gasteiger partial charge on any atom is -0.274 e. The van der Waals surface area contributed by atoms with Gasteiger partial charge in [-0.2, -0.15) is 8.75 Å². The fraction of sp³-hybridized carbons (Fsp3) is 0.556. The molecule has 1 aliphatic heterocycles. The van der Waals surface area contributed by atoms with Crippen LogP contribution in [0, 0.1) is 5.92 Å². The number of imide groups is 1. The Bertz CT molecular complexity index is 1500. The second-order valence-corrected chi connectivity index (χ2v) is 18.0. The summed E-state index contributed by atoms with van der Waals surface area (Å²) in [6, 6.07) is 7.96. The molecule has 5 rings (SSSR count). The van der Waals surface area contributed by atoms with Gasteiger partial charge in [-0.25, -0.2) is 0 Å². The molecule has 0 bridgehead atoms. The van der Waals surface area contributed by atoms with E-state index in [4.69, 9.17) is 0 Å². The molecular weight excluding hydrogens is 762 g/mol. The van der Waals surface area contributed by atoms with Crippen LogP contribution in [0.25, 0.3) is 31.9 Å². The SMILES string of the molecule is CCCCCCCCC(CCCCCCCC)CCCN1C(=O)c2c(c(-c3ccc(Br)s3)c3nsnc3c2-c2ccc(Br)s2)C1=O. The first-order chi connectivity index (χ1) is 22.4. The number of carbonyl (C=O) groups is 2. The first-order valence-corrected chi connectivity index (χ1v) is 21.1. The smallest absolute Gasteiger partial charge is 0.262 e. The van der Waals surface area contributed by atoms with Gasteiger partial charge >= 0.3 is 0 Å². The fourth-order valence-electron chi connectivity index (χ4n) is 6.77. The zero-order valence-corrected chi connectivity index (χ0v) is 32.7. The number of unbranched alkanes of at least 4 members (excludes halogenated alkanes) is 10. The molecule has 0 radical (unpaired) electrons. The van der Waals surface area contributed by atoms with Crippen molar-refractivity contribution >= 4 is 89.1 Å². The van der Waals surface area contributed by atoms with Crippen LogP contribution in [-0.2, 0) is 0 Å². The number of rotatable bonds is 20. The molecule has 248 valence electrons. The van der Waals surface area contributed by atoms with Crippen molar-refractivity contribution in [2.24, 2.45) is 5.92 Å². The lowest BCUT2D eigenvalue weighted by atomic mass is 9.90. The van der Waals surface area contributed by atoms with Crippen molar-refractivity contribution < 1.29 is 9.59 Å². The number of hydrogen-bond acceptors (Lipinski definition) is 7. The van der Waals surface area contributed by atoms with Crippen LogP contribution in [0.3, 0.4) is 0 Å². The lowest BCUT2D eigenvalue weighted by Gasteiger charge is -2.19. The maximum atomic E-state index is 14.3. The standard InChI is InChI=1S/C36H45Br2N3O2S3/c1-3-5-7-9-11-13-16-24(17-14-12-10-8-6-4-2)18-15-23-41-35(42)31-29(25-19-21-27(37)44-25)33-34(40-46-39-33)30(32(31)36(41)43)26-20-22-28(38)45-26/h19-22,24H,3-18,23H2,1-2H3. The fourth-order valence-corrected chi connectivity index (χ4v) is 10.2. The highest BCUT2D eigenvalue weighted by Crippen LogP contribution is 2.48. The third kappa shape index (κ3) is 8.57. The normalized spacial score (nSPS) is 13.2. The van der Waals surface area contributed by atoms with Crippen LogP contribution in [0.2, 0.25) is 0 Å². The summed E-state index contributed by atoms with van der Waals surface area (Å²) in [5.41, 5.74) is 3.82. The molecule has 0 saturated heterocycles. The van der Waals surface area contributed by atoms with Crippen molar-refractivity contribution in [3.8, 4) is 20.9 Å². The van der Waals surface area contributed by atoms with Crippen LogP contribution in [0.4, 0.5) is 0 Å². The summed E-state index contributed by atoms with van der Waals surface area (Å²) < 4.78 is 11.3. The Hall–Kier alpha value is -1.46. The highest BCUT2D eigenvalue weighted by atomic mass is 79.9. The number of benzene rings is 1. The number of aromatic nitrogens is 2. The number of carbonyl (C=O) groups excluding carboxylic acids is 2. The second kappa shape index (κ2) is 17.8. The summed E-state index contributed by atoms with van der Waals surface area (Å²) in [7, 11) is 0. The third-order valence-corrected chi connectivity index (χ3v) is 13.0. The van der Waals surface area contributed by atoms with E-state index in [0.29, 0.717) is 34.6 Å². The van der Waals surface area contributed by atoms with E-state index < -0.39 is 0 Å². The minimum atomic E-state index is -0.199. The summed E-state index contributed by atoms with van der Waals surface area (Å²) in [5, 5.41) is 0. The topological polar surface area (TPSA) is 63.2 Å². The molecule has 0 aliphatic carbocycles. The van der Waals surface area contributed by atoms with E-state index in [1.165, 1.54) is 94.8 Å². The molecule has 10 heteroatoms. The van der Waals surface area contributed by atoms with Gasteiger partial charge in [-0.05, 0) is 74.9 Å². The summed E-state index contributed by atoms with van der Waals surface area (Å²) in [6.45, 7) is 4.99.